The maximum absolute atomic E-state index is 11.7. The summed E-state index contributed by atoms with van der Waals surface area (Å²) in [5.41, 5.74) is 1.32. The van der Waals surface area contributed by atoms with E-state index in [0.29, 0.717) is 5.69 Å². The first-order valence-corrected chi connectivity index (χ1v) is 5.49. The number of aromatic nitrogens is 1. The molecule has 0 aliphatic carbocycles. The highest BCUT2D eigenvalue weighted by Crippen LogP contribution is 2.28. The largest absolute Gasteiger partial charge is 0.462 e. The van der Waals surface area contributed by atoms with Gasteiger partial charge in [0, 0.05) is 5.56 Å². The Morgan fingerprint density at radius 2 is 2.12 bits per heavy atom. The van der Waals surface area contributed by atoms with Gasteiger partial charge in [-0.3, -0.25) is 0 Å². The Hall–Kier alpha value is -1.81. The molecule has 4 nitrogen and oxygen atoms in total. The molecule has 0 bridgehead atoms. The van der Waals surface area contributed by atoms with Crippen LogP contribution in [-0.2, 0) is 4.74 Å². The molecule has 0 spiro atoms. The van der Waals surface area contributed by atoms with E-state index in [1.807, 2.05) is 30.3 Å². The van der Waals surface area contributed by atoms with Gasteiger partial charge >= 0.3 is 5.97 Å². The van der Waals surface area contributed by atoms with E-state index in [0.717, 1.165) is 5.56 Å². The molecule has 1 heterocycles. The molecule has 1 aromatic carbocycles. The molecule has 0 saturated carbocycles. The number of rotatable bonds is 3. The van der Waals surface area contributed by atoms with E-state index in [-0.39, 0.29) is 17.4 Å². The van der Waals surface area contributed by atoms with E-state index in [1.165, 1.54) is 0 Å². The number of carbonyl (C=O) groups excluding carboxylic acids is 1. The third-order valence-electron chi connectivity index (χ3n) is 2.18. The van der Waals surface area contributed by atoms with Gasteiger partial charge in [-0.1, -0.05) is 35.5 Å². The summed E-state index contributed by atoms with van der Waals surface area (Å²) in [7, 11) is 0. The van der Waals surface area contributed by atoms with E-state index in [1.54, 1.807) is 6.92 Å². The number of carbonyl (C=O) groups is 1. The lowest BCUT2D eigenvalue weighted by Gasteiger charge is -2.01. The monoisotopic (exact) mass is 251 g/mol. The Morgan fingerprint density at radius 3 is 2.76 bits per heavy atom. The number of nitrogens with zero attached hydrogens (tertiary/aromatic N) is 1. The molecule has 2 rings (SSSR count). The highest BCUT2D eigenvalue weighted by atomic mass is 35.5. The first-order chi connectivity index (χ1) is 8.24. The number of esters is 1. The fourth-order valence-corrected chi connectivity index (χ4v) is 1.64. The van der Waals surface area contributed by atoms with Crippen LogP contribution in [-0.4, -0.2) is 17.7 Å². The summed E-state index contributed by atoms with van der Waals surface area (Å²) in [6, 6.07) is 9.18. The minimum absolute atomic E-state index is 0.0534. The molecule has 0 amide bonds. The van der Waals surface area contributed by atoms with Gasteiger partial charge in [0.1, 0.15) is 11.3 Å². The number of ether oxygens (including phenoxy) is 1. The van der Waals surface area contributed by atoms with E-state index in [9.17, 15) is 4.79 Å². The van der Waals surface area contributed by atoms with Crippen molar-refractivity contribution in [3.63, 3.8) is 0 Å². The van der Waals surface area contributed by atoms with E-state index in [4.69, 9.17) is 20.9 Å². The van der Waals surface area contributed by atoms with E-state index >= 15 is 0 Å². The quantitative estimate of drug-likeness (QED) is 0.787. The lowest BCUT2D eigenvalue weighted by molar-refractivity contribution is 0.0526. The molecular weight excluding hydrogens is 242 g/mol. The molecule has 0 aliphatic rings. The molecule has 0 N–H and O–H groups in total. The summed E-state index contributed by atoms with van der Waals surface area (Å²) in [6.07, 6.45) is 0. The van der Waals surface area contributed by atoms with Gasteiger partial charge in [0.25, 0.3) is 0 Å². The highest BCUT2D eigenvalue weighted by molar-refractivity contribution is 6.32. The average Bonchev–Trinajstić information content (AvgIpc) is 2.73. The molecule has 0 radical (unpaired) electrons. The first-order valence-electron chi connectivity index (χ1n) is 5.11. The Balaban J connectivity index is 2.46. The minimum Gasteiger partial charge on any atom is -0.462 e. The number of benzene rings is 1. The Morgan fingerprint density at radius 1 is 1.41 bits per heavy atom. The summed E-state index contributed by atoms with van der Waals surface area (Å²) in [4.78, 5) is 11.7. The second kappa shape index (κ2) is 5.01. The zero-order chi connectivity index (χ0) is 12.3. The summed E-state index contributed by atoms with van der Waals surface area (Å²) in [5.74, 6) is -0.530. The van der Waals surface area contributed by atoms with Crippen molar-refractivity contribution in [2.45, 2.75) is 6.92 Å². The summed E-state index contributed by atoms with van der Waals surface area (Å²) < 4.78 is 9.74. The standard InChI is InChI=1S/C12H10ClNO3/c1-2-16-12(15)9-10(14-17-11(9)13)8-6-4-3-5-7-8/h3-7H,2H2,1H3. The van der Waals surface area contributed by atoms with Gasteiger partial charge in [0.15, 0.2) is 0 Å². The van der Waals surface area contributed by atoms with Crippen LogP contribution in [0.5, 0.6) is 0 Å². The molecule has 0 aliphatic heterocycles. The maximum Gasteiger partial charge on any atom is 0.345 e. The molecule has 17 heavy (non-hydrogen) atoms. The third-order valence-corrected chi connectivity index (χ3v) is 2.44. The van der Waals surface area contributed by atoms with Gasteiger partial charge in [-0.25, -0.2) is 4.79 Å². The van der Waals surface area contributed by atoms with Crippen LogP contribution in [0.15, 0.2) is 34.9 Å². The highest BCUT2D eigenvalue weighted by Gasteiger charge is 2.23. The van der Waals surface area contributed by atoms with Gasteiger partial charge in [-0.2, -0.15) is 0 Å². The summed E-state index contributed by atoms with van der Waals surface area (Å²) in [5, 5.41) is 3.73. The molecule has 0 atom stereocenters. The fraction of sp³-hybridized carbons (Fsp3) is 0.167. The normalized spacial score (nSPS) is 10.2. The smallest absolute Gasteiger partial charge is 0.345 e. The van der Waals surface area contributed by atoms with Crippen LogP contribution in [0.2, 0.25) is 5.22 Å². The SMILES string of the molecule is CCOC(=O)c1c(-c2ccccc2)noc1Cl. The Kier molecular flexibility index (Phi) is 3.44. The van der Waals surface area contributed by atoms with Crippen LogP contribution in [0.4, 0.5) is 0 Å². The summed E-state index contributed by atoms with van der Waals surface area (Å²) in [6.45, 7) is 2.00. The van der Waals surface area contributed by atoms with Crippen LogP contribution in [0.3, 0.4) is 0 Å². The molecule has 0 saturated heterocycles. The molecular formula is C12H10ClNO3. The van der Waals surface area contributed by atoms with Gasteiger partial charge < -0.3 is 9.26 Å². The fourth-order valence-electron chi connectivity index (χ4n) is 1.44. The average molecular weight is 252 g/mol. The van der Waals surface area contributed by atoms with Crippen LogP contribution in [0.25, 0.3) is 11.3 Å². The first kappa shape index (κ1) is 11.7. The van der Waals surface area contributed by atoms with Crippen LogP contribution in [0.1, 0.15) is 17.3 Å². The lowest BCUT2D eigenvalue weighted by Crippen LogP contribution is -2.05. The second-order valence-corrected chi connectivity index (χ2v) is 3.61. The third kappa shape index (κ3) is 2.31. The van der Waals surface area contributed by atoms with Gasteiger partial charge in [-0.15, -0.1) is 0 Å². The van der Waals surface area contributed by atoms with Gasteiger partial charge in [0.2, 0.25) is 5.22 Å². The van der Waals surface area contributed by atoms with Crippen molar-refractivity contribution in [2.75, 3.05) is 6.61 Å². The molecule has 0 unspecified atom stereocenters. The van der Waals surface area contributed by atoms with E-state index < -0.39 is 5.97 Å². The lowest BCUT2D eigenvalue weighted by atomic mass is 10.1. The zero-order valence-corrected chi connectivity index (χ0v) is 9.90. The topological polar surface area (TPSA) is 52.3 Å². The number of halogens is 1. The molecule has 5 heteroatoms. The number of hydrogen-bond acceptors (Lipinski definition) is 4. The Bertz CT molecular complexity index is 522. The predicted molar refractivity (Wildman–Crippen MR) is 62.9 cm³/mol. The predicted octanol–water partition coefficient (Wildman–Crippen LogP) is 3.17. The van der Waals surface area contributed by atoms with E-state index in [2.05, 4.69) is 5.16 Å². The minimum atomic E-state index is -0.530. The van der Waals surface area contributed by atoms with Crippen LogP contribution >= 0.6 is 11.6 Å². The van der Waals surface area contributed by atoms with Gasteiger partial charge in [0.05, 0.1) is 6.61 Å². The molecule has 0 fully saturated rings. The van der Waals surface area contributed by atoms with Crippen molar-refractivity contribution < 1.29 is 14.1 Å². The number of hydrogen-bond donors (Lipinski definition) is 0. The zero-order valence-electron chi connectivity index (χ0n) is 9.14. The summed E-state index contributed by atoms with van der Waals surface area (Å²) >= 11 is 5.80. The van der Waals surface area contributed by atoms with Crippen LogP contribution < -0.4 is 0 Å². The van der Waals surface area contributed by atoms with Crippen molar-refractivity contribution in [1.29, 1.82) is 0 Å². The Labute approximate surface area is 103 Å². The maximum atomic E-state index is 11.7. The second-order valence-electron chi connectivity index (χ2n) is 3.27. The van der Waals surface area contributed by atoms with Crippen molar-refractivity contribution in [2.24, 2.45) is 0 Å². The van der Waals surface area contributed by atoms with Crippen LogP contribution in [0, 0.1) is 0 Å². The molecule has 2 aromatic rings. The van der Waals surface area contributed by atoms with Crippen molar-refractivity contribution >= 4 is 17.6 Å². The molecule has 88 valence electrons. The van der Waals surface area contributed by atoms with Crippen molar-refractivity contribution in [1.82, 2.24) is 5.16 Å². The van der Waals surface area contributed by atoms with Gasteiger partial charge in [-0.05, 0) is 18.5 Å². The van der Waals surface area contributed by atoms with Crippen molar-refractivity contribution in [3.05, 3.63) is 41.1 Å². The molecule has 1 aromatic heterocycles. The van der Waals surface area contributed by atoms with Crippen molar-refractivity contribution in [3.8, 4) is 11.3 Å².